The van der Waals surface area contributed by atoms with Gasteiger partial charge in [0.15, 0.2) is 6.10 Å². The number of aryl methyl sites for hydroxylation is 2. The molecule has 2 aromatic rings. The Kier molecular flexibility index (Phi) is 5.62. The van der Waals surface area contributed by atoms with Gasteiger partial charge in [-0.2, -0.15) is 0 Å². The first kappa shape index (κ1) is 19.4. The van der Waals surface area contributed by atoms with Gasteiger partial charge in [0.05, 0.1) is 16.8 Å². The highest BCUT2D eigenvalue weighted by molar-refractivity contribution is 5.99. The highest BCUT2D eigenvalue weighted by atomic mass is 16.5. The lowest BCUT2D eigenvalue weighted by Crippen LogP contribution is -2.41. The molecule has 28 heavy (non-hydrogen) atoms. The van der Waals surface area contributed by atoms with Crippen LogP contribution in [0.1, 0.15) is 34.3 Å². The molecule has 1 fully saturated rings. The van der Waals surface area contributed by atoms with Crippen LogP contribution in [-0.4, -0.2) is 47.2 Å². The fourth-order valence-electron chi connectivity index (χ4n) is 2.73. The number of nitrogens with zero attached hydrogens (tertiary/aromatic N) is 2. The van der Waals surface area contributed by atoms with Gasteiger partial charge in [0.1, 0.15) is 18.1 Å². The molecule has 9 nitrogen and oxygen atoms in total. The van der Waals surface area contributed by atoms with E-state index in [1.165, 1.54) is 6.92 Å². The molecule has 0 bridgehead atoms. The average molecular weight is 387 g/mol. The number of nitrogens with one attached hydrogen (secondary N) is 1. The summed E-state index contributed by atoms with van der Waals surface area (Å²) in [6, 6.07) is 5.88. The fourth-order valence-corrected chi connectivity index (χ4v) is 2.73. The standard InChI is InChI=1S/C19H21N3O6/c1-11-16(12(2)28-21-11)10-26-15-6-4-14(5-7-15)18(24)27-13(3)17(23)22-9-8-20-19(22)25/h4-7,13H,8-10H2,1-3H3,(H,20,25)/t13-/m1/s1. The van der Waals surface area contributed by atoms with Crippen molar-refractivity contribution in [2.75, 3.05) is 13.1 Å². The number of aromatic nitrogens is 1. The maximum atomic E-state index is 12.2. The van der Waals surface area contributed by atoms with Crippen LogP contribution in [0.3, 0.4) is 0 Å². The van der Waals surface area contributed by atoms with Gasteiger partial charge in [0, 0.05) is 13.1 Å². The molecule has 3 amide bonds. The first-order valence-corrected chi connectivity index (χ1v) is 8.81. The van der Waals surface area contributed by atoms with Crippen LogP contribution in [-0.2, 0) is 16.1 Å². The van der Waals surface area contributed by atoms with Crippen molar-refractivity contribution in [1.29, 1.82) is 0 Å². The molecule has 0 saturated carbocycles. The smallest absolute Gasteiger partial charge is 0.338 e. The number of hydrogen-bond donors (Lipinski definition) is 1. The van der Waals surface area contributed by atoms with Crippen LogP contribution in [0.2, 0.25) is 0 Å². The predicted molar refractivity (Wildman–Crippen MR) is 96.7 cm³/mol. The van der Waals surface area contributed by atoms with Gasteiger partial charge >= 0.3 is 12.0 Å². The molecule has 0 radical (unpaired) electrons. The van der Waals surface area contributed by atoms with Crippen LogP contribution in [0.4, 0.5) is 4.79 Å². The van der Waals surface area contributed by atoms with E-state index in [4.69, 9.17) is 14.0 Å². The van der Waals surface area contributed by atoms with Crippen LogP contribution < -0.4 is 10.1 Å². The van der Waals surface area contributed by atoms with E-state index in [1.54, 1.807) is 24.3 Å². The number of esters is 1. The Morgan fingerprint density at radius 3 is 2.57 bits per heavy atom. The van der Waals surface area contributed by atoms with Gasteiger partial charge < -0.3 is 19.3 Å². The van der Waals surface area contributed by atoms with Gasteiger partial charge in [0.25, 0.3) is 5.91 Å². The molecule has 2 heterocycles. The second-order valence-electron chi connectivity index (χ2n) is 6.39. The summed E-state index contributed by atoms with van der Waals surface area (Å²) in [5, 5.41) is 6.40. The molecule has 0 aliphatic carbocycles. The second kappa shape index (κ2) is 8.12. The monoisotopic (exact) mass is 387 g/mol. The zero-order chi connectivity index (χ0) is 20.3. The lowest BCUT2D eigenvalue weighted by Gasteiger charge is -2.18. The van der Waals surface area contributed by atoms with E-state index in [9.17, 15) is 14.4 Å². The third-order valence-electron chi connectivity index (χ3n) is 4.41. The summed E-state index contributed by atoms with van der Waals surface area (Å²) in [6.45, 7) is 6.03. The molecule has 1 N–H and O–H groups in total. The van der Waals surface area contributed by atoms with E-state index in [2.05, 4.69) is 10.5 Å². The Morgan fingerprint density at radius 1 is 1.29 bits per heavy atom. The number of amides is 3. The highest BCUT2D eigenvalue weighted by Crippen LogP contribution is 2.18. The molecule has 148 valence electrons. The van der Waals surface area contributed by atoms with Crippen molar-refractivity contribution >= 4 is 17.9 Å². The third kappa shape index (κ3) is 4.13. The summed E-state index contributed by atoms with van der Waals surface area (Å²) in [5.74, 6) is 0.0537. The van der Waals surface area contributed by atoms with Crippen LogP contribution >= 0.6 is 0 Å². The summed E-state index contributed by atoms with van der Waals surface area (Å²) in [7, 11) is 0. The number of rotatable bonds is 6. The molecule has 1 aliphatic rings. The minimum Gasteiger partial charge on any atom is -0.489 e. The molecule has 0 unspecified atom stereocenters. The quantitative estimate of drug-likeness (QED) is 0.754. The fraction of sp³-hybridized carbons (Fsp3) is 0.368. The van der Waals surface area contributed by atoms with E-state index >= 15 is 0 Å². The summed E-state index contributed by atoms with van der Waals surface area (Å²) < 4.78 is 16.0. The minimum absolute atomic E-state index is 0.261. The van der Waals surface area contributed by atoms with Gasteiger partial charge in [0.2, 0.25) is 0 Å². The first-order chi connectivity index (χ1) is 13.4. The van der Waals surface area contributed by atoms with E-state index in [0.717, 1.165) is 16.2 Å². The number of urea groups is 1. The SMILES string of the molecule is Cc1noc(C)c1COc1ccc(C(=O)O[C@H](C)C(=O)N2CCNC2=O)cc1. The van der Waals surface area contributed by atoms with Crippen molar-refractivity contribution in [2.24, 2.45) is 0 Å². The summed E-state index contributed by atoms with van der Waals surface area (Å²) in [4.78, 5) is 37.0. The van der Waals surface area contributed by atoms with Crippen molar-refractivity contribution in [3.05, 3.63) is 46.8 Å². The molecule has 1 aromatic carbocycles. The molecule has 3 rings (SSSR count). The Balaban J connectivity index is 1.56. The zero-order valence-corrected chi connectivity index (χ0v) is 15.9. The molecule has 0 spiro atoms. The molecule has 9 heteroatoms. The van der Waals surface area contributed by atoms with Crippen LogP contribution in [0, 0.1) is 13.8 Å². The van der Waals surface area contributed by atoms with Crippen molar-refractivity contribution in [2.45, 2.75) is 33.5 Å². The van der Waals surface area contributed by atoms with Crippen molar-refractivity contribution in [1.82, 2.24) is 15.4 Å². The summed E-state index contributed by atoms with van der Waals surface area (Å²) in [5.41, 5.74) is 1.92. The zero-order valence-electron chi connectivity index (χ0n) is 15.9. The van der Waals surface area contributed by atoms with Crippen molar-refractivity contribution in [3.63, 3.8) is 0 Å². The molecular formula is C19H21N3O6. The first-order valence-electron chi connectivity index (χ1n) is 8.81. The minimum atomic E-state index is -1.06. The molecular weight excluding hydrogens is 366 g/mol. The Morgan fingerprint density at radius 2 is 2.00 bits per heavy atom. The normalized spacial score (nSPS) is 14.5. The van der Waals surface area contributed by atoms with Gasteiger partial charge in [-0.3, -0.25) is 9.69 Å². The number of imide groups is 1. The van der Waals surface area contributed by atoms with E-state index in [0.29, 0.717) is 24.7 Å². The van der Waals surface area contributed by atoms with E-state index < -0.39 is 24.0 Å². The second-order valence-corrected chi connectivity index (χ2v) is 6.39. The predicted octanol–water partition coefficient (Wildman–Crippen LogP) is 1.97. The number of carbonyl (C=O) groups is 3. The average Bonchev–Trinajstić information content (AvgIpc) is 3.25. The molecule has 1 saturated heterocycles. The Bertz CT molecular complexity index is 870. The van der Waals surface area contributed by atoms with Gasteiger partial charge in [-0.05, 0) is 45.0 Å². The van der Waals surface area contributed by atoms with Crippen LogP contribution in [0.5, 0.6) is 5.75 Å². The topological polar surface area (TPSA) is 111 Å². The third-order valence-corrected chi connectivity index (χ3v) is 4.41. The number of hydrogen-bond acceptors (Lipinski definition) is 7. The van der Waals surface area contributed by atoms with Crippen molar-refractivity contribution < 1.29 is 28.4 Å². The van der Waals surface area contributed by atoms with E-state index in [-0.39, 0.29) is 12.1 Å². The Labute approximate surface area is 161 Å². The maximum absolute atomic E-state index is 12.2. The molecule has 1 atom stereocenters. The lowest BCUT2D eigenvalue weighted by molar-refractivity contribution is -0.136. The number of benzene rings is 1. The largest absolute Gasteiger partial charge is 0.489 e. The van der Waals surface area contributed by atoms with Gasteiger partial charge in [-0.25, -0.2) is 9.59 Å². The number of carbonyl (C=O) groups excluding carboxylic acids is 3. The number of ether oxygens (including phenoxy) is 2. The highest BCUT2D eigenvalue weighted by Gasteiger charge is 2.31. The van der Waals surface area contributed by atoms with E-state index in [1.807, 2.05) is 13.8 Å². The lowest BCUT2D eigenvalue weighted by atomic mass is 10.2. The van der Waals surface area contributed by atoms with Crippen molar-refractivity contribution in [3.8, 4) is 5.75 Å². The summed E-state index contributed by atoms with van der Waals surface area (Å²) in [6.07, 6.45) is -1.06. The molecule has 1 aromatic heterocycles. The van der Waals surface area contributed by atoms with Crippen LogP contribution in [0.15, 0.2) is 28.8 Å². The summed E-state index contributed by atoms with van der Waals surface area (Å²) >= 11 is 0. The van der Waals surface area contributed by atoms with Crippen LogP contribution in [0.25, 0.3) is 0 Å². The Hall–Kier alpha value is -3.36. The van der Waals surface area contributed by atoms with Gasteiger partial charge in [-0.15, -0.1) is 0 Å². The van der Waals surface area contributed by atoms with Gasteiger partial charge in [-0.1, -0.05) is 5.16 Å². The molecule has 1 aliphatic heterocycles. The maximum Gasteiger partial charge on any atom is 0.338 e.